The van der Waals surface area contributed by atoms with Gasteiger partial charge in [-0.15, -0.1) is 0 Å². The number of aryl methyl sites for hydroxylation is 1. The van der Waals surface area contributed by atoms with E-state index < -0.39 is 0 Å². The zero-order valence-corrected chi connectivity index (χ0v) is 16.1. The van der Waals surface area contributed by atoms with E-state index in [0.29, 0.717) is 5.69 Å². The number of methoxy groups -OCH3 is 1. The lowest BCUT2D eigenvalue weighted by Gasteiger charge is -2.36. The van der Waals surface area contributed by atoms with Crippen LogP contribution < -0.4 is 9.64 Å². The normalized spacial score (nSPS) is 14.6. The summed E-state index contributed by atoms with van der Waals surface area (Å²) in [5.74, 6) is 0.855. The molecule has 0 radical (unpaired) electrons. The van der Waals surface area contributed by atoms with E-state index in [0.717, 1.165) is 42.8 Å². The van der Waals surface area contributed by atoms with Crippen LogP contribution in [0.5, 0.6) is 5.75 Å². The molecule has 27 heavy (non-hydrogen) atoms. The van der Waals surface area contributed by atoms with Gasteiger partial charge in [-0.25, -0.2) is 0 Å². The summed E-state index contributed by atoms with van der Waals surface area (Å²) in [6.07, 6.45) is 0. The third-order valence-corrected chi connectivity index (χ3v) is 5.54. The zero-order chi connectivity index (χ0) is 19.0. The zero-order valence-electron chi connectivity index (χ0n) is 16.1. The largest absolute Gasteiger partial charge is 0.497 e. The highest BCUT2D eigenvalue weighted by Crippen LogP contribution is 2.25. The Kier molecular flexibility index (Phi) is 4.52. The molecule has 1 aliphatic heterocycles. The molecular formula is C22H25N3O2. The van der Waals surface area contributed by atoms with Crippen molar-refractivity contribution in [3.05, 3.63) is 59.3 Å². The van der Waals surface area contributed by atoms with Gasteiger partial charge >= 0.3 is 0 Å². The van der Waals surface area contributed by atoms with Crippen LogP contribution in [0.3, 0.4) is 0 Å². The number of aromatic nitrogens is 1. The lowest BCUT2D eigenvalue weighted by Crippen LogP contribution is -2.49. The number of nitrogens with one attached hydrogen (secondary N) is 1. The van der Waals surface area contributed by atoms with E-state index in [9.17, 15) is 4.79 Å². The highest BCUT2D eigenvalue weighted by molar-refractivity contribution is 5.98. The maximum absolute atomic E-state index is 12.9. The average molecular weight is 363 g/mol. The van der Waals surface area contributed by atoms with E-state index in [1.807, 2.05) is 29.2 Å². The second-order valence-electron chi connectivity index (χ2n) is 7.13. The second-order valence-corrected chi connectivity index (χ2v) is 7.13. The van der Waals surface area contributed by atoms with Crippen LogP contribution in [0.2, 0.25) is 0 Å². The van der Waals surface area contributed by atoms with Crippen LogP contribution in [0.1, 0.15) is 21.6 Å². The van der Waals surface area contributed by atoms with Gasteiger partial charge in [-0.3, -0.25) is 4.79 Å². The molecule has 0 unspecified atom stereocenters. The number of carbonyl (C=O) groups is 1. The Labute approximate surface area is 159 Å². The molecule has 0 bridgehead atoms. The van der Waals surface area contributed by atoms with Crippen molar-refractivity contribution >= 4 is 22.5 Å². The summed E-state index contributed by atoms with van der Waals surface area (Å²) < 4.78 is 5.27. The van der Waals surface area contributed by atoms with E-state index in [1.54, 1.807) is 7.11 Å². The van der Waals surface area contributed by atoms with Crippen LogP contribution in [0.25, 0.3) is 10.9 Å². The summed E-state index contributed by atoms with van der Waals surface area (Å²) in [5.41, 5.74) is 5.49. The van der Waals surface area contributed by atoms with Gasteiger partial charge in [-0.05, 0) is 55.3 Å². The van der Waals surface area contributed by atoms with Gasteiger partial charge < -0.3 is 19.5 Å². The minimum Gasteiger partial charge on any atom is -0.497 e. The molecule has 1 aromatic heterocycles. The van der Waals surface area contributed by atoms with Crippen LogP contribution in [-0.2, 0) is 0 Å². The third-order valence-electron chi connectivity index (χ3n) is 5.54. The maximum Gasteiger partial charge on any atom is 0.270 e. The van der Waals surface area contributed by atoms with E-state index in [2.05, 4.69) is 41.9 Å². The molecule has 5 heteroatoms. The molecule has 1 saturated heterocycles. The van der Waals surface area contributed by atoms with Gasteiger partial charge in [0.1, 0.15) is 11.4 Å². The molecular weight excluding hydrogens is 338 g/mol. The molecule has 1 amide bonds. The highest BCUT2D eigenvalue weighted by Gasteiger charge is 2.24. The van der Waals surface area contributed by atoms with Gasteiger partial charge in [0.2, 0.25) is 0 Å². The Hall–Kier alpha value is -2.95. The Morgan fingerprint density at radius 1 is 1.04 bits per heavy atom. The first-order valence-electron chi connectivity index (χ1n) is 9.34. The molecule has 1 fully saturated rings. The fourth-order valence-electron chi connectivity index (χ4n) is 3.75. The molecule has 4 rings (SSSR count). The molecule has 0 atom stereocenters. The van der Waals surface area contributed by atoms with Crippen molar-refractivity contribution in [1.82, 2.24) is 9.88 Å². The highest BCUT2D eigenvalue weighted by atomic mass is 16.5. The topological polar surface area (TPSA) is 48.6 Å². The van der Waals surface area contributed by atoms with Crippen molar-refractivity contribution < 1.29 is 9.53 Å². The van der Waals surface area contributed by atoms with Gasteiger partial charge in [0.15, 0.2) is 0 Å². The number of hydrogen-bond donors (Lipinski definition) is 1. The Morgan fingerprint density at radius 3 is 2.56 bits per heavy atom. The molecule has 1 N–H and O–H groups in total. The molecule has 0 saturated carbocycles. The number of fused-ring (bicyclic) bond motifs is 1. The van der Waals surface area contributed by atoms with Crippen molar-refractivity contribution in [2.24, 2.45) is 0 Å². The van der Waals surface area contributed by atoms with Crippen molar-refractivity contribution in [1.29, 1.82) is 0 Å². The average Bonchev–Trinajstić information content (AvgIpc) is 3.13. The summed E-state index contributed by atoms with van der Waals surface area (Å²) in [4.78, 5) is 20.5. The fraction of sp³-hybridized carbons (Fsp3) is 0.318. The van der Waals surface area contributed by atoms with Crippen molar-refractivity contribution in [2.45, 2.75) is 13.8 Å². The van der Waals surface area contributed by atoms with E-state index in [1.165, 1.54) is 16.8 Å². The molecule has 0 aliphatic carbocycles. The number of rotatable bonds is 3. The summed E-state index contributed by atoms with van der Waals surface area (Å²) in [5, 5.41) is 0.992. The lowest BCUT2D eigenvalue weighted by atomic mass is 10.1. The number of amides is 1. The summed E-state index contributed by atoms with van der Waals surface area (Å²) in [6.45, 7) is 7.47. The van der Waals surface area contributed by atoms with Crippen LogP contribution in [0.4, 0.5) is 5.69 Å². The van der Waals surface area contributed by atoms with E-state index in [-0.39, 0.29) is 5.91 Å². The Bertz CT molecular complexity index is 984. The van der Waals surface area contributed by atoms with Crippen LogP contribution in [0, 0.1) is 13.8 Å². The fourth-order valence-corrected chi connectivity index (χ4v) is 3.75. The van der Waals surface area contributed by atoms with Crippen molar-refractivity contribution in [3.8, 4) is 5.75 Å². The predicted octanol–water partition coefficient (Wildman–Crippen LogP) is 3.76. The van der Waals surface area contributed by atoms with Crippen LogP contribution >= 0.6 is 0 Å². The summed E-state index contributed by atoms with van der Waals surface area (Å²) >= 11 is 0. The third kappa shape index (κ3) is 3.25. The first kappa shape index (κ1) is 17.5. The molecule has 5 nitrogen and oxygen atoms in total. The molecule has 140 valence electrons. The van der Waals surface area contributed by atoms with E-state index >= 15 is 0 Å². The van der Waals surface area contributed by atoms with Crippen molar-refractivity contribution in [2.75, 3.05) is 38.2 Å². The maximum atomic E-state index is 12.9. The monoisotopic (exact) mass is 363 g/mol. The number of carbonyl (C=O) groups excluding carboxylic acids is 1. The number of aromatic amines is 1. The quantitative estimate of drug-likeness (QED) is 0.771. The number of nitrogens with zero attached hydrogens (tertiary/aromatic N) is 2. The van der Waals surface area contributed by atoms with Gasteiger partial charge in [0, 0.05) is 42.8 Å². The number of anilines is 1. The number of H-pyrrole nitrogens is 1. The molecule has 2 heterocycles. The van der Waals surface area contributed by atoms with Gasteiger partial charge in [-0.1, -0.05) is 12.1 Å². The van der Waals surface area contributed by atoms with Crippen LogP contribution in [-0.4, -0.2) is 49.1 Å². The Morgan fingerprint density at radius 2 is 1.81 bits per heavy atom. The molecule has 0 spiro atoms. The van der Waals surface area contributed by atoms with E-state index in [4.69, 9.17) is 4.74 Å². The van der Waals surface area contributed by atoms with Gasteiger partial charge in [0.25, 0.3) is 5.91 Å². The molecule has 1 aliphatic rings. The number of benzene rings is 2. The number of ether oxygens (including phenoxy) is 1. The predicted molar refractivity (Wildman–Crippen MR) is 109 cm³/mol. The minimum absolute atomic E-state index is 0.0609. The van der Waals surface area contributed by atoms with Gasteiger partial charge in [-0.2, -0.15) is 0 Å². The molecule has 3 aromatic rings. The smallest absolute Gasteiger partial charge is 0.270 e. The summed E-state index contributed by atoms with van der Waals surface area (Å²) in [7, 11) is 1.65. The minimum atomic E-state index is 0.0609. The van der Waals surface area contributed by atoms with Crippen LogP contribution in [0.15, 0.2) is 42.5 Å². The summed E-state index contributed by atoms with van der Waals surface area (Å²) in [6, 6.07) is 14.1. The first-order valence-corrected chi connectivity index (χ1v) is 9.34. The Balaban J connectivity index is 1.48. The van der Waals surface area contributed by atoms with Gasteiger partial charge in [0.05, 0.1) is 7.11 Å². The second kappa shape index (κ2) is 6.99. The number of hydrogen-bond acceptors (Lipinski definition) is 3. The first-order chi connectivity index (χ1) is 13.1. The molecule has 2 aromatic carbocycles. The SMILES string of the molecule is COc1ccc2[nH]c(C(=O)N3CCN(c4cccc(C)c4C)CC3)cc2c1. The standard InChI is InChI=1S/C22H25N3O2/c1-15-5-4-6-21(16(15)2)24-9-11-25(12-10-24)22(26)20-14-17-13-18(27-3)7-8-19(17)23-20/h4-8,13-14,23H,9-12H2,1-3H3. The lowest BCUT2D eigenvalue weighted by molar-refractivity contribution is 0.0742. The number of piperazine rings is 1. The van der Waals surface area contributed by atoms with Crippen molar-refractivity contribution in [3.63, 3.8) is 0 Å².